The van der Waals surface area contributed by atoms with E-state index in [4.69, 9.17) is 4.74 Å². The summed E-state index contributed by atoms with van der Waals surface area (Å²) in [5, 5.41) is 3.74. The Hall–Kier alpha value is -0.120. The number of nitrogens with zero attached hydrogens (tertiary/aromatic N) is 1. The Morgan fingerprint density at radius 3 is 2.47 bits per heavy atom. The summed E-state index contributed by atoms with van der Waals surface area (Å²) in [7, 11) is 0. The summed E-state index contributed by atoms with van der Waals surface area (Å²) < 4.78 is 5.47. The Morgan fingerprint density at radius 2 is 1.89 bits per heavy atom. The third kappa shape index (κ3) is 5.80. The fraction of sp³-hybridized carbons (Fsp3) is 1.00. The Labute approximate surface area is 119 Å². The zero-order valence-electron chi connectivity index (χ0n) is 13.1. The van der Waals surface area contributed by atoms with E-state index >= 15 is 0 Å². The van der Waals surface area contributed by atoms with E-state index in [0.717, 1.165) is 25.2 Å². The molecular weight excluding hydrogens is 236 g/mol. The van der Waals surface area contributed by atoms with E-state index in [-0.39, 0.29) is 0 Å². The first-order valence-electron chi connectivity index (χ1n) is 8.06. The van der Waals surface area contributed by atoms with E-state index in [1.54, 1.807) is 0 Å². The van der Waals surface area contributed by atoms with Gasteiger partial charge in [-0.2, -0.15) is 0 Å². The lowest BCUT2D eigenvalue weighted by molar-refractivity contribution is 0.146. The maximum Gasteiger partial charge on any atom is 0.0507 e. The molecule has 2 aliphatic rings. The molecule has 0 amide bonds. The van der Waals surface area contributed by atoms with Crippen LogP contribution in [0.1, 0.15) is 46.5 Å². The smallest absolute Gasteiger partial charge is 0.0507 e. The molecule has 0 radical (unpaired) electrons. The largest absolute Gasteiger partial charge is 0.381 e. The number of hydrogen-bond acceptors (Lipinski definition) is 3. The van der Waals surface area contributed by atoms with Crippen LogP contribution in [-0.2, 0) is 4.74 Å². The number of likely N-dealkylation sites (tertiary alicyclic amines) is 1. The topological polar surface area (TPSA) is 24.5 Å². The minimum atomic E-state index is 0.455. The van der Waals surface area contributed by atoms with Gasteiger partial charge in [-0.15, -0.1) is 0 Å². The number of nitrogens with one attached hydrogen (secondary N) is 1. The fourth-order valence-corrected chi connectivity index (χ4v) is 3.06. The zero-order valence-corrected chi connectivity index (χ0v) is 13.1. The lowest BCUT2D eigenvalue weighted by Gasteiger charge is -2.34. The molecule has 2 rings (SSSR count). The Bertz CT molecular complexity index is 248. The molecule has 0 aromatic rings. The number of hydrogen-bond donors (Lipinski definition) is 1. The van der Waals surface area contributed by atoms with Crippen molar-refractivity contribution in [2.45, 2.75) is 52.5 Å². The second-order valence-corrected chi connectivity index (χ2v) is 7.57. The summed E-state index contributed by atoms with van der Waals surface area (Å²) in [6.45, 7) is 13.9. The lowest BCUT2D eigenvalue weighted by Crippen LogP contribution is -2.44. The third-order valence-corrected chi connectivity index (χ3v) is 4.44. The third-order valence-electron chi connectivity index (χ3n) is 4.44. The van der Waals surface area contributed by atoms with Crippen LogP contribution >= 0.6 is 0 Å². The summed E-state index contributed by atoms with van der Waals surface area (Å²) in [6, 6.07) is 0.749. The summed E-state index contributed by atoms with van der Waals surface area (Å²) in [6.07, 6.45) is 5.17. The van der Waals surface area contributed by atoms with Crippen LogP contribution in [0.3, 0.4) is 0 Å². The predicted octanol–water partition coefficient (Wildman–Crippen LogP) is 2.51. The van der Waals surface area contributed by atoms with Gasteiger partial charge >= 0.3 is 0 Å². The molecule has 0 saturated carbocycles. The van der Waals surface area contributed by atoms with Crippen molar-refractivity contribution in [1.29, 1.82) is 0 Å². The van der Waals surface area contributed by atoms with Gasteiger partial charge in [0.15, 0.2) is 0 Å². The van der Waals surface area contributed by atoms with Gasteiger partial charge in [0.25, 0.3) is 0 Å². The molecule has 1 atom stereocenters. The van der Waals surface area contributed by atoms with Gasteiger partial charge < -0.3 is 15.0 Å². The van der Waals surface area contributed by atoms with E-state index in [0.29, 0.717) is 5.41 Å². The van der Waals surface area contributed by atoms with Crippen LogP contribution in [0.15, 0.2) is 0 Å². The number of piperidine rings is 1. The quantitative estimate of drug-likeness (QED) is 0.829. The van der Waals surface area contributed by atoms with Crippen molar-refractivity contribution >= 4 is 0 Å². The van der Waals surface area contributed by atoms with Gasteiger partial charge in [0.05, 0.1) is 6.61 Å². The summed E-state index contributed by atoms with van der Waals surface area (Å²) >= 11 is 0. The SMILES string of the molecule is CC(C)(C)CCNC1CCN(C[C@H]2CCOC2)CC1. The van der Waals surface area contributed by atoms with Crippen LogP contribution in [0.2, 0.25) is 0 Å². The van der Waals surface area contributed by atoms with Gasteiger partial charge in [0.1, 0.15) is 0 Å². The van der Waals surface area contributed by atoms with Gasteiger partial charge in [-0.05, 0) is 56.7 Å². The van der Waals surface area contributed by atoms with Crippen LogP contribution in [0.5, 0.6) is 0 Å². The minimum Gasteiger partial charge on any atom is -0.381 e. The minimum absolute atomic E-state index is 0.455. The second kappa shape index (κ2) is 7.05. The van der Waals surface area contributed by atoms with Gasteiger partial charge in [0.2, 0.25) is 0 Å². The standard InChI is InChI=1S/C16H32N2O/c1-16(2,3)7-8-17-15-4-9-18(10-5-15)12-14-6-11-19-13-14/h14-15,17H,4-13H2,1-3H3/t14-/m1/s1. The van der Waals surface area contributed by atoms with Crippen molar-refractivity contribution in [1.82, 2.24) is 10.2 Å². The molecule has 2 fully saturated rings. The molecule has 0 aliphatic carbocycles. The lowest BCUT2D eigenvalue weighted by atomic mass is 9.92. The van der Waals surface area contributed by atoms with E-state index in [1.165, 1.54) is 51.9 Å². The molecule has 0 aromatic carbocycles. The molecule has 0 spiro atoms. The van der Waals surface area contributed by atoms with Crippen LogP contribution in [0, 0.1) is 11.3 Å². The highest BCUT2D eigenvalue weighted by Gasteiger charge is 2.23. The highest BCUT2D eigenvalue weighted by Crippen LogP contribution is 2.19. The molecule has 2 saturated heterocycles. The predicted molar refractivity (Wildman–Crippen MR) is 80.5 cm³/mol. The molecular formula is C16H32N2O. The fourth-order valence-electron chi connectivity index (χ4n) is 3.06. The van der Waals surface area contributed by atoms with E-state index in [2.05, 4.69) is 31.0 Å². The van der Waals surface area contributed by atoms with Crippen molar-refractivity contribution in [3.63, 3.8) is 0 Å². The van der Waals surface area contributed by atoms with Gasteiger partial charge in [-0.3, -0.25) is 0 Å². The van der Waals surface area contributed by atoms with Crippen LogP contribution < -0.4 is 5.32 Å². The average molecular weight is 268 g/mol. The maximum atomic E-state index is 5.47. The molecule has 112 valence electrons. The van der Waals surface area contributed by atoms with Crippen molar-refractivity contribution < 1.29 is 4.74 Å². The molecule has 0 aromatic heterocycles. The first-order valence-corrected chi connectivity index (χ1v) is 8.06. The normalized spacial score (nSPS) is 27.0. The van der Waals surface area contributed by atoms with Gasteiger partial charge in [-0.25, -0.2) is 0 Å². The summed E-state index contributed by atoms with van der Waals surface area (Å²) in [5.41, 5.74) is 0.455. The van der Waals surface area contributed by atoms with Crippen LogP contribution in [0.25, 0.3) is 0 Å². The molecule has 0 bridgehead atoms. The average Bonchev–Trinajstić information content (AvgIpc) is 2.83. The second-order valence-electron chi connectivity index (χ2n) is 7.57. The van der Waals surface area contributed by atoms with E-state index in [1.807, 2.05) is 0 Å². The number of rotatable bonds is 5. The first-order chi connectivity index (χ1) is 9.03. The molecule has 19 heavy (non-hydrogen) atoms. The Morgan fingerprint density at radius 1 is 1.16 bits per heavy atom. The van der Waals surface area contributed by atoms with Crippen molar-refractivity contribution in [3.05, 3.63) is 0 Å². The highest BCUT2D eigenvalue weighted by atomic mass is 16.5. The Kier molecular flexibility index (Phi) is 5.67. The number of ether oxygens (including phenoxy) is 1. The summed E-state index contributed by atoms with van der Waals surface area (Å²) in [4.78, 5) is 2.64. The molecule has 3 heteroatoms. The Balaban J connectivity index is 1.57. The highest BCUT2D eigenvalue weighted by molar-refractivity contribution is 4.80. The molecule has 1 N–H and O–H groups in total. The van der Waals surface area contributed by atoms with Gasteiger partial charge in [0, 0.05) is 19.2 Å². The maximum absolute atomic E-state index is 5.47. The monoisotopic (exact) mass is 268 g/mol. The van der Waals surface area contributed by atoms with Crippen molar-refractivity contribution in [2.24, 2.45) is 11.3 Å². The molecule has 3 nitrogen and oxygen atoms in total. The van der Waals surface area contributed by atoms with Crippen LogP contribution in [0.4, 0.5) is 0 Å². The van der Waals surface area contributed by atoms with E-state index < -0.39 is 0 Å². The molecule has 0 unspecified atom stereocenters. The van der Waals surface area contributed by atoms with Crippen molar-refractivity contribution in [2.75, 3.05) is 39.4 Å². The van der Waals surface area contributed by atoms with Crippen molar-refractivity contribution in [3.8, 4) is 0 Å². The zero-order chi connectivity index (χ0) is 13.7. The van der Waals surface area contributed by atoms with Gasteiger partial charge in [-0.1, -0.05) is 20.8 Å². The summed E-state index contributed by atoms with van der Waals surface area (Å²) in [5.74, 6) is 0.797. The van der Waals surface area contributed by atoms with E-state index in [9.17, 15) is 0 Å². The molecule has 2 heterocycles. The van der Waals surface area contributed by atoms with Crippen LogP contribution in [-0.4, -0.2) is 50.3 Å². The first kappa shape index (κ1) is 15.3. The molecule has 2 aliphatic heterocycles.